The third-order valence-electron chi connectivity index (χ3n) is 0.918. The van der Waals surface area contributed by atoms with Crippen molar-refractivity contribution in [3.8, 4) is 0 Å². The minimum atomic E-state index is -0.355. The van der Waals surface area contributed by atoms with Crippen molar-refractivity contribution < 1.29 is 9.53 Å². The molecule has 0 spiro atoms. The van der Waals surface area contributed by atoms with Crippen LogP contribution >= 0.6 is 0 Å². The fraction of sp³-hybridized carbons (Fsp3) is 0.778. The number of hydrogen-bond donors (Lipinski definition) is 0. The van der Waals surface area contributed by atoms with Gasteiger partial charge in [0.05, 0.1) is 6.42 Å². The average Bonchev–Trinajstić information content (AvgIpc) is 1.53. The summed E-state index contributed by atoms with van der Waals surface area (Å²) in [7, 11) is 0. The number of esters is 1. The maximum Gasteiger partial charge on any atom is 0.306 e. The summed E-state index contributed by atoms with van der Waals surface area (Å²) in [6.07, 6.45) is 0.428. The summed E-state index contributed by atoms with van der Waals surface area (Å²) in [5.41, 5.74) is -0.355. The van der Waals surface area contributed by atoms with E-state index in [1.165, 1.54) is 0 Å². The molecule has 0 heterocycles. The fourth-order valence-corrected chi connectivity index (χ4v) is 0.666. The van der Waals surface area contributed by atoms with Gasteiger partial charge in [-0.15, -0.1) is 0 Å². The molecule has 0 atom stereocenters. The molecule has 0 aliphatic rings. The van der Waals surface area contributed by atoms with Gasteiger partial charge in [0.1, 0.15) is 5.60 Å². The fourth-order valence-electron chi connectivity index (χ4n) is 0.666. The SMILES string of the molecule is C[C](C)CC(=O)OC(C)(C)C. The molecule has 0 saturated carbocycles. The van der Waals surface area contributed by atoms with E-state index < -0.39 is 0 Å². The molecule has 0 aromatic rings. The molecule has 0 aromatic carbocycles. The molecule has 0 aliphatic carbocycles. The normalized spacial score (nSPS) is 11.8. The van der Waals surface area contributed by atoms with E-state index in [9.17, 15) is 4.79 Å². The molecule has 0 N–H and O–H groups in total. The molecule has 0 rings (SSSR count). The Kier molecular flexibility index (Phi) is 3.56. The van der Waals surface area contributed by atoms with Crippen molar-refractivity contribution in [3.63, 3.8) is 0 Å². The van der Waals surface area contributed by atoms with Gasteiger partial charge in [-0.05, 0) is 26.7 Å². The maximum absolute atomic E-state index is 11.0. The molecule has 2 heteroatoms. The molecule has 1 radical (unpaired) electrons. The van der Waals surface area contributed by atoms with Gasteiger partial charge in [-0.2, -0.15) is 0 Å². The van der Waals surface area contributed by atoms with Crippen LogP contribution in [0.4, 0.5) is 0 Å². The first-order valence-corrected chi connectivity index (χ1v) is 3.82. The van der Waals surface area contributed by atoms with Gasteiger partial charge in [0.2, 0.25) is 0 Å². The zero-order chi connectivity index (χ0) is 9.07. The van der Waals surface area contributed by atoms with Crippen LogP contribution in [0, 0.1) is 5.92 Å². The second-order valence-corrected chi connectivity index (χ2v) is 3.97. The summed E-state index contributed by atoms with van der Waals surface area (Å²) in [6, 6.07) is 0. The Balaban J connectivity index is 3.71. The third-order valence-corrected chi connectivity index (χ3v) is 0.918. The quantitative estimate of drug-likeness (QED) is 0.575. The molecule has 11 heavy (non-hydrogen) atoms. The summed E-state index contributed by atoms with van der Waals surface area (Å²) in [6.45, 7) is 9.45. The largest absolute Gasteiger partial charge is 0.460 e. The van der Waals surface area contributed by atoms with E-state index in [1.54, 1.807) is 0 Å². The number of hydrogen-bond acceptors (Lipinski definition) is 2. The molecule has 0 unspecified atom stereocenters. The van der Waals surface area contributed by atoms with Gasteiger partial charge < -0.3 is 4.74 Å². The second-order valence-electron chi connectivity index (χ2n) is 3.97. The summed E-state index contributed by atoms with van der Waals surface area (Å²) < 4.78 is 5.09. The Morgan fingerprint density at radius 3 is 2.00 bits per heavy atom. The lowest BCUT2D eigenvalue weighted by molar-refractivity contribution is -0.154. The standard InChI is InChI=1S/C9H17O2/c1-7(2)6-8(10)11-9(3,4)5/h6H2,1-5H3. The number of ether oxygens (including phenoxy) is 1. The van der Waals surface area contributed by atoms with Crippen molar-refractivity contribution in [2.75, 3.05) is 0 Å². The Morgan fingerprint density at radius 2 is 1.73 bits per heavy atom. The highest BCUT2D eigenvalue weighted by Gasteiger charge is 2.16. The second kappa shape index (κ2) is 3.74. The molecule has 0 aromatic heterocycles. The number of carbonyl (C=O) groups is 1. The van der Waals surface area contributed by atoms with Crippen molar-refractivity contribution in [1.82, 2.24) is 0 Å². The highest BCUT2D eigenvalue weighted by atomic mass is 16.6. The van der Waals surface area contributed by atoms with Gasteiger partial charge in [0.25, 0.3) is 0 Å². The molecule has 0 bridgehead atoms. The predicted octanol–water partition coefficient (Wildman–Crippen LogP) is 2.33. The van der Waals surface area contributed by atoms with Crippen molar-refractivity contribution in [2.24, 2.45) is 0 Å². The predicted molar refractivity (Wildman–Crippen MR) is 45.1 cm³/mol. The van der Waals surface area contributed by atoms with E-state index in [2.05, 4.69) is 0 Å². The minimum absolute atomic E-state index is 0.141. The highest BCUT2D eigenvalue weighted by molar-refractivity contribution is 5.71. The van der Waals surface area contributed by atoms with Crippen molar-refractivity contribution >= 4 is 5.97 Å². The van der Waals surface area contributed by atoms with E-state index in [1.807, 2.05) is 34.6 Å². The molecular weight excluding hydrogens is 140 g/mol. The van der Waals surface area contributed by atoms with Crippen LogP contribution in [0.1, 0.15) is 41.0 Å². The lowest BCUT2D eigenvalue weighted by Gasteiger charge is -2.19. The Morgan fingerprint density at radius 1 is 1.27 bits per heavy atom. The Hall–Kier alpha value is -0.530. The van der Waals surface area contributed by atoms with Crippen LogP contribution in [0.25, 0.3) is 0 Å². The van der Waals surface area contributed by atoms with Crippen molar-refractivity contribution in [3.05, 3.63) is 5.92 Å². The maximum atomic E-state index is 11.0. The summed E-state index contributed by atoms with van der Waals surface area (Å²) >= 11 is 0. The van der Waals surface area contributed by atoms with Crippen LogP contribution in [-0.4, -0.2) is 11.6 Å². The van der Waals surface area contributed by atoms with E-state index in [0.29, 0.717) is 6.42 Å². The van der Waals surface area contributed by atoms with Gasteiger partial charge >= 0.3 is 5.97 Å². The molecule has 2 nitrogen and oxygen atoms in total. The van der Waals surface area contributed by atoms with Gasteiger partial charge in [-0.1, -0.05) is 13.8 Å². The van der Waals surface area contributed by atoms with Crippen LogP contribution < -0.4 is 0 Å². The van der Waals surface area contributed by atoms with E-state index in [0.717, 1.165) is 5.92 Å². The first kappa shape index (κ1) is 10.5. The smallest absolute Gasteiger partial charge is 0.306 e. The number of carbonyl (C=O) groups excluding carboxylic acids is 1. The molecule has 65 valence electrons. The first-order valence-electron chi connectivity index (χ1n) is 3.82. The molecule has 0 saturated heterocycles. The topological polar surface area (TPSA) is 26.3 Å². The average molecular weight is 157 g/mol. The number of rotatable bonds is 2. The van der Waals surface area contributed by atoms with E-state index in [4.69, 9.17) is 4.74 Å². The molecule has 0 aliphatic heterocycles. The van der Waals surface area contributed by atoms with Crippen LogP contribution in [0.2, 0.25) is 0 Å². The van der Waals surface area contributed by atoms with Crippen LogP contribution in [0.15, 0.2) is 0 Å². The summed E-state index contributed by atoms with van der Waals surface area (Å²) in [5.74, 6) is 0.941. The lowest BCUT2D eigenvalue weighted by Crippen LogP contribution is -2.24. The van der Waals surface area contributed by atoms with Gasteiger partial charge in [0.15, 0.2) is 0 Å². The monoisotopic (exact) mass is 157 g/mol. The van der Waals surface area contributed by atoms with E-state index >= 15 is 0 Å². The Bertz CT molecular complexity index is 131. The zero-order valence-corrected chi connectivity index (χ0v) is 8.02. The van der Waals surface area contributed by atoms with Crippen LogP contribution in [-0.2, 0) is 9.53 Å². The Labute approximate surface area is 68.9 Å². The molecule has 0 amide bonds. The summed E-state index contributed by atoms with van der Waals surface area (Å²) in [5, 5.41) is 0. The minimum Gasteiger partial charge on any atom is -0.460 e. The van der Waals surface area contributed by atoms with Gasteiger partial charge in [-0.25, -0.2) is 0 Å². The van der Waals surface area contributed by atoms with Crippen molar-refractivity contribution in [2.45, 2.75) is 46.6 Å². The first-order chi connectivity index (χ1) is 4.81. The van der Waals surface area contributed by atoms with Gasteiger partial charge in [-0.3, -0.25) is 4.79 Å². The summed E-state index contributed by atoms with van der Waals surface area (Å²) in [4.78, 5) is 11.0. The van der Waals surface area contributed by atoms with Crippen molar-refractivity contribution in [1.29, 1.82) is 0 Å². The molecular formula is C9H17O2. The highest BCUT2D eigenvalue weighted by Crippen LogP contribution is 2.11. The van der Waals surface area contributed by atoms with Crippen LogP contribution in [0.3, 0.4) is 0 Å². The van der Waals surface area contributed by atoms with Gasteiger partial charge in [0, 0.05) is 0 Å². The molecule has 0 fully saturated rings. The lowest BCUT2D eigenvalue weighted by atomic mass is 10.1. The van der Waals surface area contributed by atoms with E-state index in [-0.39, 0.29) is 11.6 Å². The zero-order valence-electron chi connectivity index (χ0n) is 8.02. The van der Waals surface area contributed by atoms with Crippen LogP contribution in [0.5, 0.6) is 0 Å². The third kappa shape index (κ3) is 7.37.